The van der Waals surface area contributed by atoms with Gasteiger partial charge in [-0.2, -0.15) is 14.6 Å². The molecule has 0 aliphatic carbocycles. The number of fused-ring (bicyclic) bond motifs is 3. The summed E-state index contributed by atoms with van der Waals surface area (Å²) >= 11 is 0. The summed E-state index contributed by atoms with van der Waals surface area (Å²) in [6.07, 6.45) is 3.37. The molecule has 4 aromatic heterocycles. The summed E-state index contributed by atoms with van der Waals surface area (Å²) in [5.74, 6) is 2.17. The molecule has 0 saturated carbocycles. The van der Waals surface area contributed by atoms with Crippen molar-refractivity contribution in [1.29, 1.82) is 0 Å². The first-order valence-electron chi connectivity index (χ1n) is 12.9. The van der Waals surface area contributed by atoms with E-state index in [-0.39, 0.29) is 5.95 Å². The highest BCUT2D eigenvalue weighted by atomic mass is 16.5. The summed E-state index contributed by atoms with van der Waals surface area (Å²) in [5.41, 5.74) is 8.75. The standard InChI is InChI=1S/C26H31N9O3/c1-2-36-16-17-37-20-7-5-19(6-8-20)33-12-9-32(10-13-33)11-14-34-24-21(18-28-34)25-29-23(22-4-3-15-38-22)31-35(25)26(27)30-24/h3-8,15,18H,2,9-14,16-17H2,1H3,(H2,27,30). The van der Waals surface area contributed by atoms with E-state index in [4.69, 9.17) is 19.6 Å². The molecule has 0 radical (unpaired) electrons. The Hall–Kier alpha value is -4.16. The van der Waals surface area contributed by atoms with E-state index in [0.29, 0.717) is 49.2 Å². The number of furan rings is 1. The zero-order chi connectivity index (χ0) is 25.9. The third-order valence-corrected chi connectivity index (χ3v) is 6.74. The highest BCUT2D eigenvalue weighted by molar-refractivity contribution is 5.90. The van der Waals surface area contributed by atoms with E-state index >= 15 is 0 Å². The first-order chi connectivity index (χ1) is 18.7. The van der Waals surface area contributed by atoms with Crippen LogP contribution in [0.1, 0.15) is 6.92 Å². The van der Waals surface area contributed by atoms with E-state index in [0.717, 1.165) is 43.9 Å². The molecule has 1 aliphatic rings. The van der Waals surface area contributed by atoms with Gasteiger partial charge in [0.1, 0.15) is 12.4 Å². The van der Waals surface area contributed by atoms with Crippen LogP contribution in [-0.2, 0) is 11.3 Å². The first kappa shape index (κ1) is 24.2. The average molecular weight is 518 g/mol. The molecule has 198 valence electrons. The number of nitrogen functional groups attached to an aromatic ring is 1. The van der Waals surface area contributed by atoms with Crippen molar-refractivity contribution in [3.8, 4) is 17.3 Å². The first-order valence-corrected chi connectivity index (χ1v) is 12.9. The fraction of sp³-hybridized carbons (Fsp3) is 0.385. The third kappa shape index (κ3) is 4.87. The predicted octanol–water partition coefficient (Wildman–Crippen LogP) is 2.55. The maximum Gasteiger partial charge on any atom is 0.225 e. The Labute approximate surface area is 219 Å². The Bertz CT molecular complexity index is 1490. The molecule has 0 amide bonds. The molecule has 5 aromatic rings. The van der Waals surface area contributed by atoms with E-state index in [1.54, 1.807) is 18.5 Å². The van der Waals surface area contributed by atoms with Crippen molar-refractivity contribution in [2.24, 2.45) is 0 Å². The number of nitrogens with two attached hydrogens (primary N) is 1. The van der Waals surface area contributed by atoms with Gasteiger partial charge in [0.15, 0.2) is 17.1 Å². The maximum absolute atomic E-state index is 6.22. The van der Waals surface area contributed by atoms with Crippen LogP contribution in [0.15, 0.2) is 53.3 Å². The monoisotopic (exact) mass is 517 g/mol. The summed E-state index contributed by atoms with van der Waals surface area (Å²) in [7, 11) is 0. The predicted molar refractivity (Wildman–Crippen MR) is 143 cm³/mol. The van der Waals surface area contributed by atoms with Gasteiger partial charge in [-0.1, -0.05) is 0 Å². The maximum atomic E-state index is 6.22. The lowest BCUT2D eigenvalue weighted by Gasteiger charge is -2.36. The van der Waals surface area contributed by atoms with Gasteiger partial charge >= 0.3 is 0 Å². The molecule has 5 heterocycles. The molecular weight excluding hydrogens is 486 g/mol. The average Bonchev–Trinajstić information content (AvgIpc) is 3.71. The SMILES string of the molecule is CCOCCOc1ccc(N2CCN(CCn3ncc4c3nc(N)n3nc(-c5ccco5)nc43)CC2)cc1. The van der Waals surface area contributed by atoms with E-state index < -0.39 is 0 Å². The van der Waals surface area contributed by atoms with E-state index in [9.17, 15) is 0 Å². The molecule has 38 heavy (non-hydrogen) atoms. The van der Waals surface area contributed by atoms with Gasteiger partial charge in [-0.05, 0) is 43.3 Å². The topological polar surface area (TPSA) is 125 Å². The highest BCUT2D eigenvalue weighted by Gasteiger charge is 2.20. The minimum atomic E-state index is 0.263. The van der Waals surface area contributed by atoms with Crippen LogP contribution in [-0.4, -0.2) is 86.8 Å². The van der Waals surface area contributed by atoms with Gasteiger partial charge in [-0.25, -0.2) is 9.67 Å². The van der Waals surface area contributed by atoms with Crippen LogP contribution >= 0.6 is 0 Å². The van der Waals surface area contributed by atoms with Gasteiger partial charge in [0.25, 0.3) is 0 Å². The number of rotatable bonds is 10. The van der Waals surface area contributed by atoms with Gasteiger partial charge in [0, 0.05) is 45.0 Å². The Morgan fingerprint density at radius 1 is 0.974 bits per heavy atom. The summed E-state index contributed by atoms with van der Waals surface area (Å²) < 4.78 is 19.9. The zero-order valence-corrected chi connectivity index (χ0v) is 21.4. The molecule has 0 unspecified atom stereocenters. The largest absolute Gasteiger partial charge is 0.491 e. The highest BCUT2D eigenvalue weighted by Crippen LogP contribution is 2.24. The number of piperazine rings is 1. The molecule has 0 bridgehead atoms. The fourth-order valence-electron chi connectivity index (χ4n) is 4.71. The second kappa shape index (κ2) is 10.7. The van der Waals surface area contributed by atoms with Crippen LogP contribution < -0.4 is 15.4 Å². The smallest absolute Gasteiger partial charge is 0.225 e. The van der Waals surface area contributed by atoms with Crippen LogP contribution in [0.2, 0.25) is 0 Å². The van der Waals surface area contributed by atoms with Crippen molar-refractivity contribution < 1.29 is 13.9 Å². The van der Waals surface area contributed by atoms with Crippen molar-refractivity contribution in [1.82, 2.24) is 34.3 Å². The summed E-state index contributed by atoms with van der Waals surface area (Å²) in [5, 5.41) is 9.84. The number of aromatic nitrogens is 6. The van der Waals surface area contributed by atoms with E-state index in [1.165, 1.54) is 10.2 Å². The Kier molecular flexibility index (Phi) is 6.80. The van der Waals surface area contributed by atoms with E-state index in [1.807, 2.05) is 29.8 Å². The van der Waals surface area contributed by atoms with Crippen LogP contribution in [0.5, 0.6) is 5.75 Å². The molecule has 12 nitrogen and oxygen atoms in total. The van der Waals surface area contributed by atoms with Crippen molar-refractivity contribution in [2.45, 2.75) is 13.5 Å². The molecule has 1 fully saturated rings. The molecule has 1 saturated heterocycles. The summed E-state index contributed by atoms with van der Waals surface area (Å²) in [4.78, 5) is 14.1. The van der Waals surface area contributed by atoms with Crippen molar-refractivity contribution in [3.05, 3.63) is 48.9 Å². The van der Waals surface area contributed by atoms with Crippen LogP contribution in [0, 0.1) is 0 Å². The molecule has 12 heteroatoms. The van der Waals surface area contributed by atoms with Crippen molar-refractivity contribution in [3.63, 3.8) is 0 Å². The number of hydrogen-bond acceptors (Lipinski definition) is 10. The number of ether oxygens (including phenoxy) is 2. The number of hydrogen-bond donors (Lipinski definition) is 1. The molecule has 1 aliphatic heterocycles. The van der Waals surface area contributed by atoms with Crippen LogP contribution in [0.3, 0.4) is 0 Å². The second-order valence-corrected chi connectivity index (χ2v) is 9.09. The normalized spacial score (nSPS) is 14.6. The molecule has 1 aromatic carbocycles. The second-order valence-electron chi connectivity index (χ2n) is 9.09. The lowest BCUT2D eigenvalue weighted by Crippen LogP contribution is -2.47. The minimum Gasteiger partial charge on any atom is -0.491 e. The van der Waals surface area contributed by atoms with Gasteiger partial charge in [-0.15, -0.1) is 5.10 Å². The summed E-state index contributed by atoms with van der Waals surface area (Å²) in [6, 6.07) is 11.9. The van der Waals surface area contributed by atoms with Gasteiger partial charge in [-0.3, -0.25) is 4.90 Å². The lowest BCUT2D eigenvalue weighted by molar-refractivity contribution is 0.110. The molecule has 0 atom stereocenters. The Morgan fingerprint density at radius 2 is 1.82 bits per heavy atom. The summed E-state index contributed by atoms with van der Waals surface area (Å²) in [6.45, 7) is 9.31. The molecular formula is C26H31N9O3. The quantitative estimate of drug-likeness (QED) is 0.276. The minimum absolute atomic E-state index is 0.263. The van der Waals surface area contributed by atoms with Gasteiger partial charge in [0.2, 0.25) is 11.8 Å². The third-order valence-electron chi connectivity index (χ3n) is 6.74. The van der Waals surface area contributed by atoms with Crippen LogP contribution in [0.25, 0.3) is 28.3 Å². The lowest BCUT2D eigenvalue weighted by atomic mass is 10.2. The Morgan fingerprint density at radius 3 is 2.58 bits per heavy atom. The van der Waals surface area contributed by atoms with Gasteiger partial charge in [0.05, 0.1) is 31.0 Å². The van der Waals surface area contributed by atoms with Crippen molar-refractivity contribution >= 4 is 28.3 Å². The van der Waals surface area contributed by atoms with Crippen molar-refractivity contribution in [2.75, 3.05) is 63.2 Å². The zero-order valence-electron chi connectivity index (χ0n) is 21.4. The number of anilines is 2. The Balaban J connectivity index is 1.06. The molecule has 0 spiro atoms. The molecule has 6 rings (SSSR count). The number of nitrogens with zero attached hydrogens (tertiary/aromatic N) is 8. The van der Waals surface area contributed by atoms with Crippen LogP contribution in [0.4, 0.5) is 11.6 Å². The van der Waals surface area contributed by atoms with Gasteiger partial charge < -0.3 is 24.5 Å². The fourth-order valence-corrected chi connectivity index (χ4v) is 4.71. The van der Waals surface area contributed by atoms with E-state index in [2.05, 4.69) is 42.1 Å². The number of benzene rings is 1. The molecule has 2 N–H and O–H groups in total.